The van der Waals surface area contributed by atoms with Gasteiger partial charge in [-0.2, -0.15) is 0 Å². The van der Waals surface area contributed by atoms with Gasteiger partial charge in [-0.15, -0.1) is 0 Å². The molecule has 0 bridgehead atoms. The molecule has 1 aromatic heterocycles. The van der Waals surface area contributed by atoms with Crippen molar-refractivity contribution in [1.29, 1.82) is 0 Å². The lowest BCUT2D eigenvalue weighted by molar-refractivity contribution is 0.0728. The summed E-state index contributed by atoms with van der Waals surface area (Å²) in [7, 11) is 0. The summed E-state index contributed by atoms with van der Waals surface area (Å²) in [6.45, 7) is 7.29. The van der Waals surface area contributed by atoms with Crippen molar-refractivity contribution >= 4 is 11.7 Å². The topological polar surface area (TPSA) is 49.3 Å². The fourth-order valence-corrected chi connectivity index (χ4v) is 2.97. The van der Waals surface area contributed by atoms with Crippen molar-refractivity contribution in [2.24, 2.45) is 0 Å². The lowest BCUT2D eigenvalue weighted by Gasteiger charge is -2.28. The molecule has 2 heterocycles. The zero-order valence-corrected chi connectivity index (χ0v) is 13.7. The Morgan fingerprint density at radius 2 is 1.87 bits per heavy atom. The van der Waals surface area contributed by atoms with Crippen LogP contribution in [-0.4, -0.2) is 40.4 Å². The van der Waals surface area contributed by atoms with Gasteiger partial charge in [0.05, 0.1) is 12.4 Å². The van der Waals surface area contributed by atoms with Crippen LogP contribution in [0.2, 0.25) is 0 Å². The van der Waals surface area contributed by atoms with Crippen LogP contribution in [0.15, 0.2) is 36.7 Å². The normalized spacial score (nSPS) is 13.6. The average Bonchev–Trinajstić information content (AvgIpc) is 2.62. The van der Waals surface area contributed by atoms with Crippen LogP contribution < -0.4 is 4.90 Å². The zero-order valence-electron chi connectivity index (χ0n) is 13.7. The summed E-state index contributed by atoms with van der Waals surface area (Å²) in [5.41, 5.74) is 2.97. The highest BCUT2D eigenvalue weighted by atomic mass is 16.2. The zero-order chi connectivity index (χ0) is 16.2. The maximum Gasteiger partial charge on any atom is 0.274 e. The second-order valence-corrected chi connectivity index (χ2v) is 5.68. The highest BCUT2D eigenvalue weighted by Gasteiger charge is 2.22. The molecule has 0 unspecified atom stereocenters. The first-order chi connectivity index (χ1) is 11.2. The van der Waals surface area contributed by atoms with E-state index in [4.69, 9.17) is 0 Å². The predicted molar refractivity (Wildman–Crippen MR) is 90.5 cm³/mol. The Morgan fingerprint density at radius 1 is 1.13 bits per heavy atom. The van der Waals surface area contributed by atoms with Crippen LogP contribution in [0, 0.1) is 0 Å². The highest BCUT2D eigenvalue weighted by Crippen LogP contribution is 2.20. The quantitative estimate of drug-likeness (QED) is 0.871. The summed E-state index contributed by atoms with van der Waals surface area (Å²) in [6.07, 6.45) is 4.18. The summed E-state index contributed by atoms with van der Waals surface area (Å²) in [4.78, 5) is 25.3. The number of amides is 1. The minimum Gasteiger partial charge on any atom is -0.356 e. The fraction of sp³-hybridized carbons (Fsp3) is 0.389. The number of anilines is 1. The van der Waals surface area contributed by atoms with E-state index in [1.54, 1.807) is 12.4 Å². The molecule has 0 saturated carbocycles. The monoisotopic (exact) mass is 310 g/mol. The summed E-state index contributed by atoms with van der Waals surface area (Å²) < 4.78 is 0. The molecule has 0 saturated heterocycles. The number of aromatic nitrogens is 2. The second-order valence-electron chi connectivity index (χ2n) is 5.68. The van der Waals surface area contributed by atoms with Gasteiger partial charge in [0.15, 0.2) is 0 Å². The minimum absolute atomic E-state index is 0.0434. The number of benzene rings is 1. The van der Waals surface area contributed by atoms with Crippen molar-refractivity contribution in [1.82, 2.24) is 14.9 Å². The van der Waals surface area contributed by atoms with Crippen molar-refractivity contribution < 1.29 is 4.79 Å². The third kappa shape index (κ3) is 3.18. The molecule has 3 rings (SSSR count). The number of carbonyl (C=O) groups is 1. The molecule has 1 aromatic carbocycles. The first-order valence-corrected chi connectivity index (χ1v) is 8.16. The van der Waals surface area contributed by atoms with Gasteiger partial charge in [0.1, 0.15) is 11.5 Å². The molecule has 23 heavy (non-hydrogen) atoms. The Labute approximate surface area is 137 Å². The van der Waals surface area contributed by atoms with Gasteiger partial charge in [-0.25, -0.2) is 9.97 Å². The fourth-order valence-electron chi connectivity index (χ4n) is 2.97. The molecule has 0 atom stereocenters. The van der Waals surface area contributed by atoms with Gasteiger partial charge in [0, 0.05) is 26.2 Å². The van der Waals surface area contributed by atoms with Crippen LogP contribution in [-0.2, 0) is 13.0 Å². The number of carbonyl (C=O) groups excluding carboxylic acids is 1. The van der Waals surface area contributed by atoms with Crippen LogP contribution in [0.25, 0.3) is 0 Å². The Hall–Kier alpha value is -2.43. The third-order valence-electron chi connectivity index (χ3n) is 4.36. The van der Waals surface area contributed by atoms with Gasteiger partial charge in [0.2, 0.25) is 0 Å². The molecular formula is C18H22N4O. The molecule has 1 amide bonds. The van der Waals surface area contributed by atoms with Gasteiger partial charge in [-0.05, 0) is 31.4 Å². The van der Waals surface area contributed by atoms with Gasteiger partial charge in [-0.3, -0.25) is 4.79 Å². The highest BCUT2D eigenvalue weighted by molar-refractivity contribution is 5.92. The lowest BCUT2D eigenvalue weighted by Crippen LogP contribution is -2.36. The lowest BCUT2D eigenvalue weighted by atomic mass is 10.00. The largest absolute Gasteiger partial charge is 0.356 e. The van der Waals surface area contributed by atoms with Crippen molar-refractivity contribution in [2.45, 2.75) is 26.8 Å². The van der Waals surface area contributed by atoms with Crippen LogP contribution in [0.4, 0.5) is 5.82 Å². The predicted octanol–water partition coefficient (Wildman–Crippen LogP) is 2.52. The Bertz CT molecular complexity index is 680. The van der Waals surface area contributed by atoms with Crippen LogP contribution in [0.1, 0.15) is 35.5 Å². The van der Waals surface area contributed by atoms with E-state index in [1.807, 2.05) is 17.0 Å². The third-order valence-corrected chi connectivity index (χ3v) is 4.36. The maximum absolute atomic E-state index is 12.6. The molecule has 0 N–H and O–H groups in total. The van der Waals surface area contributed by atoms with E-state index in [0.717, 1.165) is 31.9 Å². The number of fused-ring (bicyclic) bond motifs is 1. The van der Waals surface area contributed by atoms with Crippen LogP contribution in [0.5, 0.6) is 0 Å². The Balaban J connectivity index is 1.74. The maximum atomic E-state index is 12.6. The molecule has 0 fully saturated rings. The van der Waals surface area contributed by atoms with E-state index in [2.05, 4.69) is 40.8 Å². The molecule has 1 aliphatic rings. The van der Waals surface area contributed by atoms with Gasteiger partial charge < -0.3 is 9.80 Å². The smallest absolute Gasteiger partial charge is 0.274 e. The molecule has 0 spiro atoms. The molecule has 1 aliphatic heterocycles. The summed E-state index contributed by atoms with van der Waals surface area (Å²) in [6, 6.07) is 8.29. The van der Waals surface area contributed by atoms with Crippen LogP contribution >= 0.6 is 0 Å². The molecule has 2 aromatic rings. The molecule has 120 valence electrons. The van der Waals surface area contributed by atoms with Gasteiger partial charge in [-0.1, -0.05) is 24.3 Å². The Kier molecular flexibility index (Phi) is 4.55. The first-order valence-electron chi connectivity index (χ1n) is 8.16. The molecule has 5 nitrogen and oxygen atoms in total. The van der Waals surface area contributed by atoms with Crippen molar-refractivity contribution in [3.05, 3.63) is 53.5 Å². The molecule has 0 aliphatic carbocycles. The van der Waals surface area contributed by atoms with E-state index in [9.17, 15) is 4.79 Å². The van der Waals surface area contributed by atoms with Crippen LogP contribution in [0.3, 0.4) is 0 Å². The number of rotatable bonds is 4. The average molecular weight is 310 g/mol. The van der Waals surface area contributed by atoms with Gasteiger partial charge in [0.25, 0.3) is 5.91 Å². The summed E-state index contributed by atoms with van der Waals surface area (Å²) >= 11 is 0. The van der Waals surface area contributed by atoms with Crippen molar-refractivity contribution in [3.63, 3.8) is 0 Å². The molecule has 5 heteroatoms. The molecular weight excluding hydrogens is 288 g/mol. The van der Waals surface area contributed by atoms with E-state index in [1.165, 1.54) is 11.1 Å². The number of hydrogen-bond acceptors (Lipinski definition) is 4. The molecule has 0 radical (unpaired) electrons. The SMILES string of the molecule is CCN(CC)c1cnc(C(=O)N2CCc3ccccc3C2)cn1. The Morgan fingerprint density at radius 3 is 2.52 bits per heavy atom. The minimum atomic E-state index is -0.0434. The van der Waals surface area contributed by atoms with Gasteiger partial charge >= 0.3 is 0 Å². The summed E-state index contributed by atoms with van der Waals surface area (Å²) in [5, 5.41) is 0. The number of nitrogens with zero attached hydrogens (tertiary/aromatic N) is 4. The van der Waals surface area contributed by atoms with E-state index < -0.39 is 0 Å². The van der Waals surface area contributed by atoms with Crippen molar-refractivity contribution in [3.8, 4) is 0 Å². The first kappa shape index (κ1) is 15.5. The summed E-state index contributed by atoms with van der Waals surface area (Å²) in [5.74, 6) is 0.772. The van der Waals surface area contributed by atoms with Crippen molar-refractivity contribution in [2.75, 3.05) is 24.5 Å². The van der Waals surface area contributed by atoms with E-state index in [0.29, 0.717) is 12.2 Å². The standard InChI is InChI=1S/C18H22N4O/c1-3-21(4-2)17-12-19-16(11-20-17)18(23)22-10-9-14-7-5-6-8-15(14)13-22/h5-8,11-12H,3-4,9-10,13H2,1-2H3. The number of hydrogen-bond donors (Lipinski definition) is 0. The van der Waals surface area contributed by atoms with E-state index in [-0.39, 0.29) is 5.91 Å². The second kappa shape index (κ2) is 6.77. The van der Waals surface area contributed by atoms with E-state index >= 15 is 0 Å².